The van der Waals surface area contributed by atoms with E-state index >= 15 is 0 Å². The second-order valence-corrected chi connectivity index (χ2v) is 13.0. The van der Waals surface area contributed by atoms with Gasteiger partial charge in [-0.15, -0.1) is 0 Å². The molecular formula is C36H32Cl2F4N4O5. The van der Waals surface area contributed by atoms with Crippen LogP contribution in [0.4, 0.5) is 28.9 Å². The van der Waals surface area contributed by atoms with Crippen molar-refractivity contribution in [1.29, 1.82) is 0 Å². The zero-order valence-electron chi connectivity index (χ0n) is 27.2. The van der Waals surface area contributed by atoms with Crippen molar-refractivity contribution >= 4 is 58.8 Å². The maximum absolute atomic E-state index is 14.3. The van der Waals surface area contributed by atoms with Gasteiger partial charge in [0.1, 0.15) is 29.0 Å². The number of halogens is 6. The predicted octanol–water partition coefficient (Wildman–Crippen LogP) is 6.67. The van der Waals surface area contributed by atoms with Crippen molar-refractivity contribution < 1.29 is 41.5 Å². The minimum Gasteiger partial charge on any atom is -0.428 e. The number of fused-ring (bicyclic) bond motifs is 2. The molecule has 0 saturated heterocycles. The summed E-state index contributed by atoms with van der Waals surface area (Å²) in [6.45, 7) is 3.47. The number of amides is 3. The number of primary amides is 2. The van der Waals surface area contributed by atoms with Gasteiger partial charge in [0.2, 0.25) is 11.8 Å². The Balaban J connectivity index is 0.000000192. The van der Waals surface area contributed by atoms with Crippen LogP contribution in [-0.4, -0.2) is 24.2 Å². The van der Waals surface area contributed by atoms with Gasteiger partial charge in [-0.3, -0.25) is 19.2 Å². The van der Waals surface area contributed by atoms with Crippen molar-refractivity contribution in [3.63, 3.8) is 0 Å². The van der Waals surface area contributed by atoms with Gasteiger partial charge < -0.3 is 27.3 Å². The van der Waals surface area contributed by atoms with Crippen molar-refractivity contribution in [1.82, 2.24) is 0 Å². The number of benzene rings is 4. The molecule has 2 aliphatic rings. The Kier molecular flexibility index (Phi) is 11.7. The lowest BCUT2D eigenvalue weighted by molar-refractivity contribution is -0.123. The van der Waals surface area contributed by atoms with Crippen molar-refractivity contribution in [3.05, 3.63) is 122 Å². The summed E-state index contributed by atoms with van der Waals surface area (Å²) in [5.74, 6) is -3.49. The van der Waals surface area contributed by atoms with Crippen LogP contribution in [0, 0.1) is 23.3 Å². The van der Waals surface area contributed by atoms with Crippen LogP contribution in [0.25, 0.3) is 0 Å². The first-order valence-electron chi connectivity index (χ1n) is 15.2. The van der Waals surface area contributed by atoms with Gasteiger partial charge in [0, 0.05) is 33.6 Å². The molecule has 268 valence electrons. The van der Waals surface area contributed by atoms with Crippen LogP contribution in [0.3, 0.4) is 0 Å². The Bertz CT molecular complexity index is 2050. The average Bonchev–Trinajstić information content (AvgIpc) is 3.63. The summed E-state index contributed by atoms with van der Waals surface area (Å²) in [7, 11) is 0. The van der Waals surface area contributed by atoms with Gasteiger partial charge in [-0.05, 0) is 106 Å². The van der Waals surface area contributed by atoms with E-state index in [9.17, 15) is 36.7 Å². The highest BCUT2D eigenvalue weighted by molar-refractivity contribution is 6.31. The van der Waals surface area contributed by atoms with Gasteiger partial charge in [0.25, 0.3) is 12.4 Å². The fourth-order valence-corrected chi connectivity index (χ4v) is 6.44. The molecule has 3 amide bonds. The van der Waals surface area contributed by atoms with E-state index in [-0.39, 0.29) is 33.2 Å². The van der Waals surface area contributed by atoms with Crippen LogP contribution >= 0.6 is 23.2 Å². The van der Waals surface area contributed by atoms with Gasteiger partial charge >= 0.3 is 0 Å². The largest absolute Gasteiger partial charge is 0.428 e. The van der Waals surface area contributed by atoms with Crippen molar-refractivity contribution in [3.8, 4) is 5.75 Å². The molecule has 0 heterocycles. The number of nitrogen functional groups attached to an aromatic ring is 1. The number of nitrogens with two attached hydrogens (primary N) is 3. The van der Waals surface area contributed by atoms with Crippen LogP contribution in [0.2, 0.25) is 10.0 Å². The summed E-state index contributed by atoms with van der Waals surface area (Å²) < 4.78 is 58.4. The quantitative estimate of drug-likeness (QED) is 0.0977. The van der Waals surface area contributed by atoms with Crippen LogP contribution in [0.5, 0.6) is 5.75 Å². The molecule has 4 aromatic rings. The molecule has 7 N–H and O–H groups in total. The number of rotatable bonds is 6. The van der Waals surface area contributed by atoms with Crippen molar-refractivity contribution in [2.24, 2.45) is 11.5 Å². The molecule has 0 radical (unpaired) electrons. The summed E-state index contributed by atoms with van der Waals surface area (Å²) in [6.07, 6.45) is 1.59. The first-order valence-corrected chi connectivity index (χ1v) is 16.0. The third-order valence-corrected chi connectivity index (χ3v) is 9.54. The number of ether oxygens (including phenoxy) is 1. The topological polar surface area (TPSA) is 168 Å². The third-order valence-electron chi connectivity index (χ3n) is 8.96. The van der Waals surface area contributed by atoms with E-state index in [2.05, 4.69) is 5.32 Å². The average molecular weight is 748 g/mol. The van der Waals surface area contributed by atoms with Gasteiger partial charge in [0.05, 0.1) is 20.9 Å². The monoisotopic (exact) mass is 746 g/mol. The lowest BCUT2D eigenvalue weighted by Gasteiger charge is -2.22. The molecule has 4 aromatic carbocycles. The second-order valence-electron chi connectivity index (χ2n) is 12.2. The summed E-state index contributed by atoms with van der Waals surface area (Å²) in [6, 6.07) is 12.9. The number of hydrogen-bond donors (Lipinski definition) is 4. The molecule has 2 aliphatic carbocycles. The van der Waals surface area contributed by atoms with Gasteiger partial charge in [-0.2, -0.15) is 0 Å². The number of nitrogens with one attached hydrogen (secondary N) is 1. The van der Waals surface area contributed by atoms with Crippen molar-refractivity contribution in [2.75, 3.05) is 11.1 Å². The van der Waals surface area contributed by atoms with E-state index in [1.807, 2.05) is 0 Å². The van der Waals surface area contributed by atoms with Gasteiger partial charge in [-0.25, -0.2) is 17.6 Å². The Morgan fingerprint density at radius 1 is 0.745 bits per heavy atom. The highest BCUT2D eigenvalue weighted by Gasteiger charge is 2.44. The van der Waals surface area contributed by atoms with Crippen LogP contribution in [-0.2, 0) is 38.1 Å². The Morgan fingerprint density at radius 3 is 1.75 bits per heavy atom. The Hall–Kier alpha value is -5.14. The Labute approximate surface area is 300 Å². The zero-order chi connectivity index (χ0) is 37.8. The first kappa shape index (κ1) is 38.7. The molecule has 0 saturated carbocycles. The highest BCUT2D eigenvalue weighted by atomic mass is 35.5. The fraction of sp³-hybridized carbons (Fsp3) is 0.222. The molecule has 0 aliphatic heterocycles. The molecular weight excluding hydrogens is 715 g/mol. The Morgan fingerprint density at radius 2 is 1.24 bits per heavy atom. The van der Waals surface area contributed by atoms with E-state index in [0.717, 1.165) is 12.1 Å². The van der Waals surface area contributed by atoms with Gasteiger partial charge in [-0.1, -0.05) is 23.2 Å². The molecule has 0 fully saturated rings. The maximum atomic E-state index is 14.3. The number of hydrogen-bond acceptors (Lipinski definition) is 6. The first-order chi connectivity index (χ1) is 23.9. The molecule has 15 heteroatoms. The molecule has 0 bridgehead atoms. The summed E-state index contributed by atoms with van der Waals surface area (Å²) >= 11 is 11.1. The predicted molar refractivity (Wildman–Crippen MR) is 184 cm³/mol. The molecule has 0 aromatic heterocycles. The molecule has 9 nitrogen and oxygen atoms in total. The number of carbonyl (C=O) groups is 4. The lowest BCUT2D eigenvalue weighted by atomic mass is 9.82. The molecule has 0 spiro atoms. The third kappa shape index (κ3) is 7.94. The SMILES string of the molecule is CC1(C(N)=O)CCc2c(C(=O)Nc3ccc(F)c(Cl)c3)ccc(F)c21.CC1(C(N)=O)CCc2c(OC=O)ccc(F)c21.Nc1ccc(F)c(Cl)c1. The highest BCUT2D eigenvalue weighted by Crippen LogP contribution is 2.44. The fourth-order valence-electron chi connectivity index (χ4n) is 6.07. The van der Waals surface area contributed by atoms with Crippen LogP contribution < -0.4 is 27.3 Å². The molecule has 6 rings (SSSR count). The summed E-state index contributed by atoms with van der Waals surface area (Å²) in [5.41, 5.74) is 16.3. The minimum atomic E-state index is -1.14. The maximum Gasteiger partial charge on any atom is 0.298 e. The zero-order valence-corrected chi connectivity index (χ0v) is 28.7. The second kappa shape index (κ2) is 15.4. The van der Waals surface area contributed by atoms with E-state index in [1.165, 1.54) is 48.5 Å². The van der Waals surface area contributed by atoms with Gasteiger partial charge in [0.15, 0.2) is 0 Å². The summed E-state index contributed by atoms with van der Waals surface area (Å²) in [4.78, 5) is 46.2. The number of anilines is 2. The van der Waals surface area contributed by atoms with Crippen LogP contribution in [0.1, 0.15) is 59.3 Å². The molecule has 2 unspecified atom stereocenters. The smallest absolute Gasteiger partial charge is 0.298 e. The van der Waals surface area contributed by atoms with Crippen molar-refractivity contribution in [2.45, 2.75) is 50.4 Å². The standard InChI is InChI=1S/C18H15ClF2N2O2.C12H12FNO3.C6H5ClFN/c1-18(17(22)25)7-6-10-11(3-5-14(21)15(10)18)16(24)23-9-2-4-13(20)12(19)8-9;1-12(11(14)16)5-4-7-9(17-6-15)3-2-8(13)10(7)12;7-5-3-4(9)1-2-6(5)8/h2-5,8H,6-7H2,1H3,(H2,22,25)(H,23,24);2-3,6H,4-5H2,1H3,(H2,14,16);1-3H,9H2. The summed E-state index contributed by atoms with van der Waals surface area (Å²) in [5, 5.41) is 2.55. The van der Waals surface area contributed by atoms with E-state index in [1.54, 1.807) is 13.8 Å². The van der Waals surface area contributed by atoms with Crippen LogP contribution in [0.15, 0.2) is 60.7 Å². The van der Waals surface area contributed by atoms with E-state index < -0.39 is 51.8 Å². The normalized spacial score (nSPS) is 18.2. The minimum absolute atomic E-state index is 0.0648. The van der Waals surface area contributed by atoms with E-state index in [0.29, 0.717) is 53.9 Å². The van der Waals surface area contributed by atoms with E-state index in [4.69, 9.17) is 45.1 Å². The number of carbonyl (C=O) groups excluding carboxylic acids is 4. The lowest BCUT2D eigenvalue weighted by Crippen LogP contribution is -2.37. The molecule has 51 heavy (non-hydrogen) atoms. The molecule has 2 atom stereocenters.